The third-order valence-corrected chi connectivity index (χ3v) is 8.07. The number of esters is 2. The van der Waals surface area contributed by atoms with Gasteiger partial charge in [0.05, 0.1) is 34.3 Å². The van der Waals surface area contributed by atoms with Gasteiger partial charge in [0.25, 0.3) is 5.91 Å². The molecule has 0 unspecified atom stereocenters. The molecule has 0 saturated heterocycles. The molecule has 1 aliphatic heterocycles. The van der Waals surface area contributed by atoms with E-state index in [1.165, 1.54) is 29.8 Å². The predicted molar refractivity (Wildman–Crippen MR) is 143 cm³/mol. The van der Waals surface area contributed by atoms with Crippen LogP contribution in [0.25, 0.3) is 10.2 Å². The molecule has 5 rings (SSSR count). The van der Waals surface area contributed by atoms with Crippen molar-refractivity contribution in [2.24, 2.45) is 0 Å². The Kier molecular flexibility index (Phi) is 7.57. The molecule has 196 valence electrons. The normalized spacial score (nSPS) is 11.9. The summed E-state index contributed by atoms with van der Waals surface area (Å²) in [4.78, 5) is 42.9. The summed E-state index contributed by atoms with van der Waals surface area (Å²) in [6.45, 7) is 1.58. The molecule has 0 atom stereocenters. The number of carbonyl (C=O) groups excluding carboxylic acids is 3. The molecule has 9 nitrogen and oxygen atoms in total. The summed E-state index contributed by atoms with van der Waals surface area (Å²) in [5.74, 6) is -0.286. The molecule has 0 aliphatic carbocycles. The van der Waals surface area contributed by atoms with Crippen molar-refractivity contribution in [3.63, 3.8) is 0 Å². The van der Waals surface area contributed by atoms with Gasteiger partial charge in [0.15, 0.2) is 18.1 Å². The van der Waals surface area contributed by atoms with Crippen molar-refractivity contribution in [2.75, 3.05) is 25.8 Å². The Bertz CT molecular complexity index is 1490. The molecule has 38 heavy (non-hydrogen) atoms. The van der Waals surface area contributed by atoms with Crippen molar-refractivity contribution in [3.8, 4) is 11.5 Å². The summed E-state index contributed by atoms with van der Waals surface area (Å²) < 4.78 is 22.0. The number of fused-ring (bicyclic) bond motifs is 2. The monoisotopic (exact) mass is 552 g/mol. The number of methoxy groups -OCH3 is 1. The largest absolute Gasteiger partial charge is 0.465 e. The summed E-state index contributed by atoms with van der Waals surface area (Å²) in [7, 11) is 1.29. The number of nitrogens with one attached hydrogen (secondary N) is 1. The number of anilines is 1. The number of ether oxygens (including phenoxy) is 4. The smallest absolute Gasteiger partial charge is 0.341 e. The third-order valence-electron chi connectivity index (χ3n) is 5.91. The average molecular weight is 553 g/mol. The number of para-hydroxylation sites is 1. The summed E-state index contributed by atoms with van der Waals surface area (Å²) in [5, 5.41) is 3.89. The van der Waals surface area contributed by atoms with Crippen molar-refractivity contribution in [2.45, 2.75) is 26.2 Å². The molecule has 4 aromatic rings. The van der Waals surface area contributed by atoms with Gasteiger partial charge in [0, 0.05) is 11.3 Å². The van der Waals surface area contributed by atoms with Crippen molar-refractivity contribution in [3.05, 3.63) is 69.0 Å². The van der Waals surface area contributed by atoms with Gasteiger partial charge in [-0.1, -0.05) is 18.2 Å². The minimum atomic E-state index is -0.562. The lowest BCUT2D eigenvalue weighted by Crippen LogP contribution is -2.22. The number of thiazole rings is 1. The van der Waals surface area contributed by atoms with Crippen LogP contribution in [-0.2, 0) is 31.9 Å². The average Bonchev–Trinajstić information content (AvgIpc) is 3.62. The fraction of sp³-hybridized carbons (Fsp3) is 0.259. The number of thiophene rings is 1. The molecule has 0 radical (unpaired) electrons. The van der Waals surface area contributed by atoms with Crippen molar-refractivity contribution < 1.29 is 33.3 Å². The van der Waals surface area contributed by atoms with Gasteiger partial charge in [-0.25, -0.2) is 9.78 Å². The van der Waals surface area contributed by atoms with Crippen LogP contribution in [0.3, 0.4) is 0 Å². The van der Waals surface area contributed by atoms with E-state index in [2.05, 4.69) is 10.3 Å². The molecule has 11 heteroatoms. The Hall–Kier alpha value is -3.96. The maximum atomic E-state index is 12.7. The zero-order chi connectivity index (χ0) is 26.6. The highest BCUT2D eigenvalue weighted by molar-refractivity contribution is 7.18. The zero-order valence-corrected chi connectivity index (χ0v) is 22.3. The Balaban J connectivity index is 1.21. The molecular weight excluding hydrogens is 528 g/mol. The van der Waals surface area contributed by atoms with E-state index in [4.69, 9.17) is 18.9 Å². The van der Waals surface area contributed by atoms with E-state index < -0.39 is 24.5 Å². The maximum absolute atomic E-state index is 12.7. The van der Waals surface area contributed by atoms with Crippen LogP contribution in [0.2, 0.25) is 0 Å². The molecule has 2 aromatic carbocycles. The zero-order valence-electron chi connectivity index (χ0n) is 20.7. The highest BCUT2D eigenvalue weighted by atomic mass is 32.1. The Morgan fingerprint density at radius 3 is 2.71 bits per heavy atom. The Morgan fingerprint density at radius 1 is 1.08 bits per heavy atom. The predicted octanol–water partition coefficient (Wildman–Crippen LogP) is 4.89. The molecule has 2 aromatic heterocycles. The van der Waals surface area contributed by atoms with Gasteiger partial charge in [-0.15, -0.1) is 22.7 Å². The Labute approximate surface area is 226 Å². The fourth-order valence-electron chi connectivity index (χ4n) is 4.07. The highest BCUT2D eigenvalue weighted by Crippen LogP contribution is 2.37. The number of carbonyl (C=O) groups is 3. The van der Waals surface area contributed by atoms with Crippen molar-refractivity contribution >= 4 is 55.7 Å². The van der Waals surface area contributed by atoms with Gasteiger partial charge < -0.3 is 24.3 Å². The first-order valence-electron chi connectivity index (χ1n) is 11.8. The van der Waals surface area contributed by atoms with E-state index in [-0.39, 0.29) is 18.8 Å². The number of aryl methyl sites for hydroxylation is 2. The maximum Gasteiger partial charge on any atom is 0.341 e. The summed E-state index contributed by atoms with van der Waals surface area (Å²) in [6.07, 6.45) is 0.970. The van der Waals surface area contributed by atoms with Crippen LogP contribution in [0.4, 0.5) is 5.00 Å². The molecule has 0 bridgehead atoms. The first kappa shape index (κ1) is 25.7. The van der Waals surface area contributed by atoms with Gasteiger partial charge >= 0.3 is 11.9 Å². The van der Waals surface area contributed by atoms with Crippen LogP contribution < -0.4 is 14.8 Å². The SMILES string of the molecule is COC(=O)c1c(NC(=O)COC(=O)CCc2nc3ccccc3s2)sc(C)c1Cc1ccc2c(c1)OCO2. The molecule has 1 N–H and O–H groups in total. The molecule has 1 aliphatic rings. The van der Waals surface area contributed by atoms with Crippen LogP contribution in [-0.4, -0.2) is 43.3 Å². The van der Waals surface area contributed by atoms with E-state index in [0.29, 0.717) is 29.3 Å². The second kappa shape index (κ2) is 11.2. The summed E-state index contributed by atoms with van der Waals surface area (Å²) in [6, 6.07) is 13.4. The Morgan fingerprint density at radius 2 is 1.89 bits per heavy atom. The van der Waals surface area contributed by atoms with Gasteiger partial charge in [0.2, 0.25) is 6.79 Å². The van der Waals surface area contributed by atoms with Crippen LogP contribution >= 0.6 is 22.7 Å². The van der Waals surface area contributed by atoms with Gasteiger partial charge in [-0.3, -0.25) is 9.59 Å². The molecule has 0 fully saturated rings. The number of amides is 1. The van der Waals surface area contributed by atoms with Crippen LogP contribution in [0, 0.1) is 6.92 Å². The minimum Gasteiger partial charge on any atom is -0.465 e. The molecule has 3 heterocycles. The van der Waals surface area contributed by atoms with Crippen LogP contribution in [0.5, 0.6) is 11.5 Å². The van der Waals surface area contributed by atoms with Crippen LogP contribution in [0.15, 0.2) is 42.5 Å². The summed E-state index contributed by atoms with van der Waals surface area (Å²) >= 11 is 2.79. The number of nitrogens with zero attached hydrogens (tertiary/aromatic N) is 1. The lowest BCUT2D eigenvalue weighted by molar-refractivity contribution is -0.147. The molecule has 0 spiro atoms. The summed E-state index contributed by atoms with van der Waals surface area (Å²) in [5.41, 5.74) is 2.83. The first-order chi connectivity index (χ1) is 18.4. The van der Waals surface area contributed by atoms with Crippen molar-refractivity contribution in [1.82, 2.24) is 4.98 Å². The number of benzene rings is 2. The number of hydrogen-bond donors (Lipinski definition) is 1. The second-order valence-corrected chi connectivity index (χ2v) is 10.8. The number of hydrogen-bond acceptors (Lipinski definition) is 10. The number of rotatable bonds is 9. The highest BCUT2D eigenvalue weighted by Gasteiger charge is 2.25. The van der Waals surface area contributed by atoms with E-state index in [1.54, 1.807) is 0 Å². The van der Waals surface area contributed by atoms with Crippen LogP contribution in [0.1, 0.15) is 37.8 Å². The molecule has 0 saturated carbocycles. The third kappa shape index (κ3) is 5.63. The van der Waals surface area contributed by atoms with Crippen molar-refractivity contribution in [1.29, 1.82) is 0 Å². The quantitative estimate of drug-likeness (QED) is 0.292. The topological polar surface area (TPSA) is 113 Å². The van der Waals surface area contributed by atoms with Gasteiger partial charge in [-0.05, 0) is 48.7 Å². The van der Waals surface area contributed by atoms with E-state index in [9.17, 15) is 14.4 Å². The number of aromatic nitrogens is 1. The standard InChI is InChI=1S/C27H24N2O7S2/c1-15-17(11-16-7-8-19-20(12-16)36-14-35-19)25(27(32)33-2)26(37-15)29-22(30)13-34-24(31)10-9-23-28-18-5-3-4-6-21(18)38-23/h3-8,12H,9-11,13-14H2,1-2H3,(H,29,30). The van der Waals surface area contributed by atoms with E-state index in [1.807, 2.05) is 49.4 Å². The second-order valence-electron chi connectivity index (χ2n) is 8.48. The fourth-order valence-corrected chi connectivity index (χ4v) is 6.11. The lowest BCUT2D eigenvalue weighted by Gasteiger charge is -2.09. The molecule has 1 amide bonds. The lowest BCUT2D eigenvalue weighted by atomic mass is 10.0. The molecular formula is C27H24N2O7S2. The van der Waals surface area contributed by atoms with E-state index >= 15 is 0 Å². The minimum absolute atomic E-state index is 0.109. The first-order valence-corrected chi connectivity index (χ1v) is 13.4. The van der Waals surface area contributed by atoms with Gasteiger partial charge in [0.1, 0.15) is 5.00 Å². The van der Waals surface area contributed by atoms with Gasteiger partial charge in [-0.2, -0.15) is 0 Å². The van der Waals surface area contributed by atoms with E-state index in [0.717, 1.165) is 31.2 Å².